The second-order valence-electron chi connectivity index (χ2n) is 14.5. The van der Waals surface area contributed by atoms with Gasteiger partial charge >= 0.3 is 11.9 Å². The number of nitrogens with one attached hydrogen (secondary N) is 2. The number of hydrogen-bond donors (Lipinski definition) is 2. The Morgan fingerprint density at radius 2 is 1.67 bits per heavy atom. The Morgan fingerprint density at radius 3 is 2.40 bits per heavy atom. The number of methoxy groups -OCH3 is 1. The average molecular weight is 795 g/mol. The number of anilines is 2. The number of fused-ring (bicyclic) bond motifs is 2. The summed E-state index contributed by atoms with van der Waals surface area (Å²) < 4.78 is 49.6. The molecule has 1 spiro atoms. The maximum atomic E-state index is 14.0. The highest BCUT2D eigenvalue weighted by Gasteiger charge is 2.45. The molecule has 0 unspecified atom stereocenters. The number of rotatable bonds is 6. The number of pyridine rings is 2. The van der Waals surface area contributed by atoms with Gasteiger partial charge in [-0.15, -0.1) is 0 Å². The maximum Gasteiger partial charge on any atom is 0.433 e. The Morgan fingerprint density at radius 1 is 0.945 bits per heavy atom. The van der Waals surface area contributed by atoms with Gasteiger partial charge in [0.1, 0.15) is 16.9 Å². The Bertz CT molecular complexity index is 2540. The molecule has 16 heteroatoms. The fraction of sp³-hybridized carbons (Fsp3) is 0.359. The van der Waals surface area contributed by atoms with Crippen LogP contribution in [0.2, 0.25) is 10.0 Å². The number of alkyl halides is 3. The van der Waals surface area contributed by atoms with E-state index in [4.69, 9.17) is 32.9 Å². The fourth-order valence-electron chi connectivity index (χ4n) is 8.45. The van der Waals surface area contributed by atoms with Crippen molar-refractivity contribution in [3.8, 4) is 28.3 Å². The van der Waals surface area contributed by atoms with E-state index in [9.17, 15) is 27.6 Å². The van der Waals surface area contributed by atoms with E-state index in [1.54, 1.807) is 25.3 Å². The number of nitrogens with zero attached hydrogens (tertiary/aromatic N) is 5. The summed E-state index contributed by atoms with van der Waals surface area (Å²) in [6.45, 7) is 1.65. The third-order valence-corrected chi connectivity index (χ3v) is 12.0. The highest BCUT2D eigenvalue weighted by molar-refractivity contribution is 6.39. The fourth-order valence-corrected chi connectivity index (χ4v) is 9.05. The first kappa shape index (κ1) is 37.0. The standard InChI is InChI=1S/C39H36Cl2F3N7O4/c1-49-27-18-28(39(42,43)44)47-34(31(27)36(53)50(2)37(49)54)45-24-10-5-8-22(33(24)41)21-7-4-9-23(32(21)40)25-17-20-12-13-26(30(20)35(46-25)55-3)51-16-15-38(19-51)14-6-11-29(52)48-38/h4-5,7-10,17-18,26H,6,11-16,19H2,1-3H3,(H,45,47)(H,48,52)/t26-,38-/m0/s1. The van der Waals surface area contributed by atoms with Crippen LogP contribution < -0.4 is 26.6 Å². The molecular formula is C39H36Cl2F3N7O4. The molecule has 2 N–H and O–H groups in total. The van der Waals surface area contributed by atoms with Crippen LogP contribution in [0.1, 0.15) is 55.0 Å². The zero-order valence-electron chi connectivity index (χ0n) is 30.1. The Kier molecular flexibility index (Phi) is 9.21. The van der Waals surface area contributed by atoms with Crippen LogP contribution in [0.4, 0.5) is 24.7 Å². The van der Waals surface area contributed by atoms with Crippen molar-refractivity contribution in [2.75, 3.05) is 25.5 Å². The number of benzene rings is 2. The number of likely N-dealkylation sites (tertiary alicyclic amines) is 1. The second-order valence-corrected chi connectivity index (χ2v) is 15.2. The second kappa shape index (κ2) is 13.7. The van der Waals surface area contributed by atoms with Gasteiger partial charge in [0.2, 0.25) is 11.8 Å². The summed E-state index contributed by atoms with van der Waals surface area (Å²) in [5, 5.41) is 6.34. The van der Waals surface area contributed by atoms with E-state index >= 15 is 0 Å². The topological polar surface area (TPSA) is 123 Å². The lowest BCUT2D eigenvalue weighted by Gasteiger charge is -2.35. The monoisotopic (exact) mass is 793 g/mol. The number of aromatic nitrogens is 4. The van der Waals surface area contributed by atoms with Crippen molar-refractivity contribution in [2.45, 2.75) is 56.3 Å². The van der Waals surface area contributed by atoms with Crippen molar-refractivity contribution in [2.24, 2.45) is 14.1 Å². The molecule has 55 heavy (non-hydrogen) atoms. The first-order valence-corrected chi connectivity index (χ1v) is 18.6. The third-order valence-electron chi connectivity index (χ3n) is 11.2. The Hall–Kier alpha value is -4.92. The molecule has 8 rings (SSSR count). The van der Waals surface area contributed by atoms with Crippen LogP contribution in [0, 0.1) is 0 Å². The van der Waals surface area contributed by atoms with Gasteiger partial charge < -0.3 is 15.4 Å². The van der Waals surface area contributed by atoms with E-state index in [2.05, 4.69) is 20.5 Å². The highest BCUT2D eigenvalue weighted by Crippen LogP contribution is 2.47. The quantitative estimate of drug-likeness (QED) is 0.186. The lowest BCUT2D eigenvalue weighted by atomic mass is 9.88. The minimum absolute atomic E-state index is 0.106. The van der Waals surface area contributed by atoms with E-state index in [1.165, 1.54) is 20.2 Å². The van der Waals surface area contributed by atoms with Crippen LogP contribution in [-0.2, 0) is 31.5 Å². The largest absolute Gasteiger partial charge is 0.481 e. The molecule has 5 aromatic rings. The third kappa shape index (κ3) is 6.33. The summed E-state index contributed by atoms with van der Waals surface area (Å²) in [6.07, 6.45) is 0.191. The first-order chi connectivity index (χ1) is 26.2. The molecule has 1 amide bonds. The van der Waals surface area contributed by atoms with Gasteiger partial charge in [0.05, 0.1) is 39.6 Å². The van der Waals surface area contributed by atoms with Crippen LogP contribution in [0.25, 0.3) is 33.3 Å². The summed E-state index contributed by atoms with van der Waals surface area (Å²) in [7, 11) is 4.11. The molecule has 3 aromatic heterocycles. The van der Waals surface area contributed by atoms with Crippen LogP contribution in [0.15, 0.2) is 58.1 Å². The van der Waals surface area contributed by atoms with Crippen LogP contribution in [0.5, 0.6) is 5.88 Å². The van der Waals surface area contributed by atoms with Gasteiger partial charge in [-0.05, 0) is 55.9 Å². The predicted octanol–water partition coefficient (Wildman–Crippen LogP) is 7.17. The van der Waals surface area contributed by atoms with Gasteiger partial charge in [0.25, 0.3) is 5.56 Å². The van der Waals surface area contributed by atoms with Crippen molar-refractivity contribution < 1.29 is 22.7 Å². The van der Waals surface area contributed by atoms with Crippen molar-refractivity contribution in [3.63, 3.8) is 0 Å². The number of piperidine rings is 1. The van der Waals surface area contributed by atoms with E-state index in [-0.39, 0.29) is 39.1 Å². The molecule has 286 valence electrons. The zero-order valence-corrected chi connectivity index (χ0v) is 31.6. The predicted molar refractivity (Wildman–Crippen MR) is 204 cm³/mol. The molecule has 2 saturated heterocycles. The molecule has 0 radical (unpaired) electrons. The SMILES string of the molecule is COc1nc(-c2cccc(-c3cccc(Nc4nc(C(F)(F)F)cc5c4c(=O)n(C)c(=O)n5C)c3Cl)c2Cl)cc2c1[C@@H](N1CC[C@@]3(CCCC(=O)N3)C1)CC2. The van der Waals surface area contributed by atoms with E-state index < -0.39 is 28.9 Å². The molecule has 0 saturated carbocycles. The van der Waals surface area contributed by atoms with Gasteiger partial charge in [-0.1, -0.05) is 53.5 Å². The minimum atomic E-state index is -4.87. The lowest BCUT2D eigenvalue weighted by molar-refractivity contribution is -0.141. The van der Waals surface area contributed by atoms with Gasteiger partial charge in [-0.25, -0.2) is 14.8 Å². The van der Waals surface area contributed by atoms with Crippen molar-refractivity contribution >= 4 is 51.5 Å². The highest BCUT2D eigenvalue weighted by atomic mass is 35.5. The zero-order chi connectivity index (χ0) is 39.0. The normalized spacial score (nSPS) is 19.9. The molecule has 11 nitrogen and oxygen atoms in total. The smallest absolute Gasteiger partial charge is 0.433 e. The number of aryl methyl sites for hydroxylation is 2. The van der Waals surface area contributed by atoms with Gasteiger partial charge in [-0.3, -0.25) is 23.6 Å². The summed E-state index contributed by atoms with van der Waals surface area (Å²) in [5.41, 5.74) is 1.19. The number of amides is 1. The number of carbonyl (C=O) groups is 1. The van der Waals surface area contributed by atoms with Gasteiger partial charge in [-0.2, -0.15) is 13.2 Å². The lowest BCUT2D eigenvalue weighted by Crippen LogP contribution is -2.53. The Balaban J connectivity index is 1.15. The number of halogens is 5. The molecule has 5 heterocycles. The minimum Gasteiger partial charge on any atom is -0.481 e. The van der Waals surface area contributed by atoms with E-state index in [0.29, 0.717) is 45.8 Å². The van der Waals surface area contributed by atoms with Gasteiger partial charge in [0.15, 0.2) is 0 Å². The van der Waals surface area contributed by atoms with Crippen molar-refractivity contribution in [3.05, 3.63) is 96.2 Å². The van der Waals surface area contributed by atoms with Crippen molar-refractivity contribution in [1.29, 1.82) is 0 Å². The summed E-state index contributed by atoms with van der Waals surface area (Å²) >= 11 is 14.1. The summed E-state index contributed by atoms with van der Waals surface area (Å²) in [5.74, 6) is 0.216. The molecule has 2 aliphatic heterocycles. The molecule has 0 bridgehead atoms. The molecule has 2 fully saturated rings. The maximum absolute atomic E-state index is 14.0. The summed E-state index contributed by atoms with van der Waals surface area (Å²) in [6, 6.07) is 13.2. The van der Waals surface area contributed by atoms with Crippen LogP contribution in [-0.4, -0.2) is 55.6 Å². The molecule has 2 atom stereocenters. The van der Waals surface area contributed by atoms with Crippen molar-refractivity contribution in [1.82, 2.24) is 29.3 Å². The van der Waals surface area contributed by atoms with E-state index in [0.717, 1.165) is 65.5 Å². The van der Waals surface area contributed by atoms with Crippen LogP contribution in [0.3, 0.4) is 0 Å². The molecular weight excluding hydrogens is 758 g/mol. The van der Waals surface area contributed by atoms with Crippen LogP contribution >= 0.6 is 23.2 Å². The number of carbonyl (C=O) groups excluding carboxylic acids is 1. The molecule has 3 aliphatic rings. The van der Waals surface area contributed by atoms with Gasteiger partial charge in [0, 0.05) is 61.9 Å². The van der Waals surface area contributed by atoms with E-state index in [1.807, 2.05) is 18.2 Å². The number of ether oxygens (including phenoxy) is 1. The first-order valence-electron chi connectivity index (χ1n) is 17.9. The summed E-state index contributed by atoms with van der Waals surface area (Å²) in [4.78, 5) is 49.3. The number of hydrogen-bond acceptors (Lipinski definition) is 8. The Labute approximate surface area is 323 Å². The average Bonchev–Trinajstić information content (AvgIpc) is 3.77. The molecule has 2 aromatic carbocycles. The molecule has 1 aliphatic carbocycles.